The zero-order chi connectivity index (χ0) is 25.5. The molecule has 0 aliphatic carbocycles. The first kappa shape index (κ1) is 25.2. The van der Waals surface area contributed by atoms with Gasteiger partial charge in [0.05, 0.1) is 36.4 Å². The fourth-order valence-electron chi connectivity index (χ4n) is 3.32. The average Bonchev–Trinajstić information content (AvgIpc) is 3.03. The minimum Gasteiger partial charge on any atom is -0.323 e. The zero-order valence-electron chi connectivity index (χ0n) is 17.7. The molecule has 34 heavy (non-hydrogen) atoms. The number of anilines is 2. The second-order valence-corrected chi connectivity index (χ2v) is 7.98. The van der Waals surface area contributed by atoms with Crippen molar-refractivity contribution in [3.63, 3.8) is 0 Å². The molecule has 0 unspecified atom stereocenters. The van der Waals surface area contributed by atoms with Gasteiger partial charge >= 0.3 is 18.4 Å². The highest BCUT2D eigenvalue weighted by atomic mass is 19.4. The number of carbonyl (C=O) groups excluding carboxylic acids is 2. The highest BCUT2D eigenvalue weighted by Crippen LogP contribution is 2.33. The van der Waals surface area contributed by atoms with Gasteiger partial charge < -0.3 is 10.2 Å². The van der Waals surface area contributed by atoms with Crippen LogP contribution in [0.1, 0.15) is 25.2 Å². The van der Waals surface area contributed by atoms with E-state index in [2.05, 4.69) is 15.3 Å². The van der Waals surface area contributed by atoms with Crippen LogP contribution in [0.15, 0.2) is 36.7 Å². The Hall–Kier alpha value is -3.45. The Morgan fingerprint density at radius 2 is 1.53 bits per heavy atom. The lowest BCUT2D eigenvalue weighted by Gasteiger charge is -2.29. The van der Waals surface area contributed by atoms with Crippen molar-refractivity contribution in [2.75, 3.05) is 23.3 Å². The van der Waals surface area contributed by atoms with Crippen LogP contribution in [0.3, 0.4) is 0 Å². The second kappa shape index (κ2) is 8.72. The first-order chi connectivity index (χ1) is 15.6. The number of hydrogen-bond donors (Lipinski definition) is 1. The molecule has 0 spiro atoms. The van der Waals surface area contributed by atoms with E-state index >= 15 is 0 Å². The molecule has 1 saturated heterocycles. The van der Waals surface area contributed by atoms with E-state index in [-0.39, 0.29) is 17.9 Å². The van der Waals surface area contributed by atoms with E-state index in [1.54, 1.807) is 0 Å². The van der Waals surface area contributed by atoms with Crippen molar-refractivity contribution in [3.8, 4) is 0 Å². The maximum Gasteiger partial charge on any atom is 0.433 e. The summed E-state index contributed by atoms with van der Waals surface area (Å²) in [5.41, 5.74) is -4.45. The molecule has 14 heteroatoms. The number of nitrogens with one attached hydrogen (secondary N) is 1. The molecule has 1 N–H and O–H groups in total. The fourth-order valence-corrected chi connectivity index (χ4v) is 3.32. The van der Waals surface area contributed by atoms with Gasteiger partial charge in [0, 0.05) is 0 Å². The summed E-state index contributed by atoms with van der Waals surface area (Å²) >= 11 is 0. The lowest BCUT2D eigenvalue weighted by atomic mass is 10.0. The number of amides is 3. The molecular formula is C20H18F7N5O2. The van der Waals surface area contributed by atoms with Crippen molar-refractivity contribution in [3.05, 3.63) is 48.0 Å². The number of nitrogens with zero attached hydrogens (tertiary/aromatic N) is 4. The van der Waals surface area contributed by atoms with Gasteiger partial charge in [-0.15, -0.1) is 0 Å². The van der Waals surface area contributed by atoms with Gasteiger partial charge in [-0.25, -0.2) is 19.2 Å². The summed E-state index contributed by atoms with van der Waals surface area (Å²) in [7, 11) is 0. The van der Waals surface area contributed by atoms with Crippen LogP contribution in [-0.2, 0) is 17.1 Å². The molecule has 7 nitrogen and oxygen atoms in total. The summed E-state index contributed by atoms with van der Waals surface area (Å²) < 4.78 is 90.9. The van der Waals surface area contributed by atoms with Gasteiger partial charge in [-0.3, -0.25) is 9.69 Å². The topological polar surface area (TPSA) is 78.4 Å². The average molecular weight is 493 g/mol. The molecule has 3 heterocycles. The van der Waals surface area contributed by atoms with Crippen molar-refractivity contribution in [2.45, 2.75) is 37.9 Å². The van der Waals surface area contributed by atoms with E-state index in [0.29, 0.717) is 12.1 Å². The Morgan fingerprint density at radius 3 is 1.97 bits per heavy atom. The first-order valence-electron chi connectivity index (χ1n) is 9.71. The third kappa shape index (κ3) is 5.54. The minimum atomic E-state index is -4.69. The molecule has 1 aliphatic heterocycles. The number of hydrogen-bond acceptors (Lipinski definition) is 4. The second-order valence-electron chi connectivity index (χ2n) is 7.98. The van der Waals surface area contributed by atoms with Crippen molar-refractivity contribution in [1.29, 1.82) is 0 Å². The molecule has 1 atom stereocenters. The van der Waals surface area contributed by atoms with Gasteiger partial charge in [0.25, 0.3) is 0 Å². The fraction of sp³-hybridized carbons (Fsp3) is 0.400. The molecule has 0 aromatic carbocycles. The summed E-state index contributed by atoms with van der Waals surface area (Å²) in [6.45, 7) is 1.40. The summed E-state index contributed by atoms with van der Waals surface area (Å²) in [6, 6.07) is 1.30. The molecule has 1 aliphatic rings. The van der Waals surface area contributed by atoms with E-state index < -0.39 is 53.9 Å². The Morgan fingerprint density at radius 1 is 0.971 bits per heavy atom. The zero-order valence-corrected chi connectivity index (χ0v) is 17.7. The molecule has 0 saturated carbocycles. The summed E-state index contributed by atoms with van der Waals surface area (Å²) in [5, 5.41) is 2.28. The highest BCUT2D eigenvalue weighted by Gasteiger charge is 2.47. The monoisotopic (exact) mass is 493 g/mol. The SMILES string of the molecule is CC(C)(F)[C@H]1CN(c2ccc(C(F)(F)F)nc2)C(=O)N1CC(=O)Nc1ccc(C(F)(F)F)nc1. The molecule has 3 amide bonds. The maximum absolute atomic E-state index is 14.8. The number of alkyl halides is 7. The molecule has 3 rings (SSSR count). The van der Waals surface area contributed by atoms with Crippen LogP contribution in [-0.4, -0.2) is 51.6 Å². The Bertz CT molecular complexity index is 1050. The normalized spacial score (nSPS) is 17.3. The van der Waals surface area contributed by atoms with Crippen molar-refractivity contribution in [2.24, 2.45) is 0 Å². The Labute approximate surface area is 188 Å². The third-order valence-corrected chi connectivity index (χ3v) is 5.00. The predicted molar refractivity (Wildman–Crippen MR) is 106 cm³/mol. The van der Waals surface area contributed by atoms with E-state index in [4.69, 9.17) is 0 Å². The molecule has 184 valence electrons. The number of carbonyl (C=O) groups is 2. The van der Waals surface area contributed by atoms with Gasteiger partial charge in [-0.1, -0.05) is 0 Å². The quantitative estimate of drug-likeness (QED) is 0.622. The van der Waals surface area contributed by atoms with Gasteiger partial charge in [-0.2, -0.15) is 26.3 Å². The van der Waals surface area contributed by atoms with Crippen molar-refractivity contribution in [1.82, 2.24) is 14.9 Å². The van der Waals surface area contributed by atoms with Crippen LogP contribution < -0.4 is 10.2 Å². The van der Waals surface area contributed by atoms with Crippen LogP contribution >= 0.6 is 0 Å². The van der Waals surface area contributed by atoms with Gasteiger partial charge in [0.2, 0.25) is 5.91 Å². The number of halogens is 7. The molecule has 1 fully saturated rings. The summed E-state index contributed by atoms with van der Waals surface area (Å²) in [4.78, 5) is 33.7. The largest absolute Gasteiger partial charge is 0.433 e. The van der Waals surface area contributed by atoms with E-state index in [1.807, 2.05) is 0 Å². The van der Waals surface area contributed by atoms with Crippen LogP contribution in [0, 0.1) is 0 Å². The van der Waals surface area contributed by atoms with E-state index in [9.17, 15) is 40.3 Å². The summed E-state index contributed by atoms with van der Waals surface area (Å²) in [5.74, 6) is -0.837. The standard InChI is InChI=1S/C20H18F7N5O2/c1-18(2,21)15-9-31(12-4-6-14(29-8-12)20(25,26)27)17(34)32(15)10-16(33)30-11-3-5-13(28-7-11)19(22,23)24/h3-8,15H,9-10H2,1-2H3,(H,30,33)/t15-/m1/s1. The summed E-state index contributed by atoms with van der Waals surface area (Å²) in [6.07, 6.45) is -7.75. The Balaban J connectivity index is 1.76. The van der Waals surface area contributed by atoms with Crippen LogP contribution in [0.2, 0.25) is 0 Å². The molecule has 2 aromatic heterocycles. The van der Waals surface area contributed by atoms with Gasteiger partial charge in [0.1, 0.15) is 23.6 Å². The molecule has 0 bridgehead atoms. The van der Waals surface area contributed by atoms with Gasteiger partial charge in [-0.05, 0) is 38.1 Å². The number of pyridine rings is 2. The Kier molecular flexibility index (Phi) is 6.46. The third-order valence-electron chi connectivity index (χ3n) is 5.00. The van der Waals surface area contributed by atoms with Crippen LogP contribution in [0.25, 0.3) is 0 Å². The van der Waals surface area contributed by atoms with Crippen LogP contribution in [0.4, 0.5) is 46.9 Å². The molecule has 2 aromatic rings. The number of urea groups is 1. The van der Waals surface area contributed by atoms with Crippen molar-refractivity contribution < 1.29 is 40.3 Å². The van der Waals surface area contributed by atoms with Gasteiger partial charge in [0.15, 0.2) is 0 Å². The number of rotatable bonds is 5. The minimum absolute atomic E-state index is 0.0258. The van der Waals surface area contributed by atoms with E-state index in [1.165, 1.54) is 13.8 Å². The molecule has 0 radical (unpaired) electrons. The van der Waals surface area contributed by atoms with Crippen LogP contribution in [0.5, 0.6) is 0 Å². The molecular weight excluding hydrogens is 475 g/mol. The lowest BCUT2D eigenvalue weighted by molar-refractivity contribution is -0.141. The highest BCUT2D eigenvalue weighted by molar-refractivity contribution is 5.99. The lowest BCUT2D eigenvalue weighted by Crippen LogP contribution is -2.48. The predicted octanol–water partition coefficient (Wildman–Crippen LogP) is 4.51. The smallest absolute Gasteiger partial charge is 0.323 e. The first-order valence-corrected chi connectivity index (χ1v) is 9.71. The number of aromatic nitrogens is 2. The van der Waals surface area contributed by atoms with Crippen molar-refractivity contribution >= 4 is 23.3 Å². The maximum atomic E-state index is 14.8. The van der Waals surface area contributed by atoms with E-state index in [0.717, 1.165) is 34.3 Å².